The Morgan fingerprint density at radius 2 is 1.71 bits per heavy atom. The molecule has 1 heterocycles. The van der Waals surface area contributed by atoms with Gasteiger partial charge in [0, 0.05) is 28.7 Å². The summed E-state index contributed by atoms with van der Waals surface area (Å²) in [5, 5.41) is 9.07. The summed E-state index contributed by atoms with van der Waals surface area (Å²) in [6.07, 6.45) is 3.78. The SMILES string of the molecule is CC(=O)c1ccc(N2C(=O)C3CC=C4C(c5ccc(OCCO)cc5)C5=C(CC4C3C2=O)C(=O)C(Br)=CC5=O)cc1. The molecule has 9 heteroatoms. The molecule has 0 spiro atoms. The summed E-state index contributed by atoms with van der Waals surface area (Å²) in [5.41, 5.74) is 3.27. The monoisotopic (exact) mass is 615 g/mol. The van der Waals surface area contributed by atoms with Crippen LogP contribution in [0.25, 0.3) is 0 Å². The molecule has 4 unspecified atom stereocenters. The number of rotatable bonds is 6. The summed E-state index contributed by atoms with van der Waals surface area (Å²) < 4.78 is 5.67. The van der Waals surface area contributed by atoms with Gasteiger partial charge in [0.05, 0.1) is 28.6 Å². The van der Waals surface area contributed by atoms with E-state index in [1.54, 1.807) is 36.4 Å². The lowest BCUT2D eigenvalue weighted by atomic mass is 9.59. The first-order valence-electron chi connectivity index (χ1n) is 13.4. The number of ketones is 3. The van der Waals surface area contributed by atoms with Crippen LogP contribution in [0.3, 0.4) is 0 Å². The number of aliphatic hydroxyl groups excluding tert-OH is 1. The molecule has 1 aliphatic heterocycles. The second-order valence-electron chi connectivity index (χ2n) is 10.6. The number of hydrogen-bond donors (Lipinski definition) is 1. The Balaban J connectivity index is 1.41. The van der Waals surface area contributed by atoms with Crippen LogP contribution in [-0.4, -0.2) is 47.5 Å². The van der Waals surface area contributed by atoms with Gasteiger partial charge < -0.3 is 9.84 Å². The van der Waals surface area contributed by atoms with Crippen molar-refractivity contribution in [2.45, 2.75) is 25.7 Å². The van der Waals surface area contributed by atoms with E-state index in [0.29, 0.717) is 34.6 Å². The number of anilines is 1. The summed E-state index contributed by atoms with van der Waals surface area (Å²) in [6, 6.07) is 13.6. The van der Waals surface area contributed by atoms with Crippen molar-refractivity contribution in [3.8, 4) is 5.75 Å². The molecule has 1 saturated heterocycles. The molecule has 6 rings (SSSR count). The van der Waals surface area contributed by atoms with Gasteiger partial charge in [-0.15, -0.1) is 0 Å². The van der Waals surface area contributed by atoms with Crippen LogP contribution in [0.1, 0.15) is 41.6 Å². The molecule has 0 bridgehead atoms. The number of carbonyl (C=O) groups is 5. The van der Waals surface area contributed by atoms with E-state index >= 15 is 0 Å². The lowest BCUT2D eigenvalue weighted by molar-refractivity contribution is -0.123. The van der Waals surface area contributed by atoms with Gasteiger partial charge >= 0.3 is 0 Å². The fourth-order valence-electron chi connectivity index (χ4n) is 6.61. The fourth-order valence-corrected chi connectivity index (χ4v) is 7.05. The molecule has 2 amide bonds. The molecule has 1 N–H and O–H groups in total. The lowest BCUT2D eigenvalue weighted by Crippen LogP contribution is -2.39. The average molecular weight is 616 g/mol. The van der Waals surface area contributed by atoms with E-state index in [-0.39, 0.29) is 53.3 Å². The summed E-state index contributed by atoms with van der Waals surface area (Å²) >= 11 is 3.24. The molecule has 208 valence electrons. The molecular weight excluding hydrogens is 590 g/mol. The van der Waals surface area contributed by atoms with E-state index in [1.807, 2.05) is 18.2 Å². The normalized spacial score (nSPS) is 25.4. The number of imide groups is 1. The highest BCUT2D eigenvalue weighted by atomic mass is 79.9. The zero-order valence-electron chi connectivity index (χ0n) is 22.1. The number of hydrogen-bond acceptors (Lipinski definition) is 7. The third-order valence-corrected chi connectivity index (χ3v) is 9.03. The highest BCUT2D eigenvalue weighted by molar-refractivity contribution is 9.12. The first-order valence-corrected chi connectivity index (χ1v) is 14.2. The Bertz CT molecular complexity index is 1600. The quantitative estimate of drug-likeness (QED) is 0.224. The number of allylic oxidation sites excluding steroid dienone is 6. The predicted octanol–water partition coefficient (Wildman–Crippen LogP) is 4.23. The molecule has 4 aliphatic rings. The van der Waals surface area contributed by atoms with Crippen molar-refractivity contribution < 1.29 is 33.8 Å². The van der Waals surface area contributed by atoms with Crippen LogP contribution in [0.2, 0.25) is 0 Å². The molecule has 8 nitrogen and oxygen atoms in total. The number of ether oxygens (including phenoxy) is 1. The summed E-state index contributed by atoms with van der Waals surface area (Å²) in [5.74, 6) is -3.05. The lowest BCUT2D eigenvalue weighted by Gasteiger charge is -2.42. The second-order valence-corrected chi connectivity index (χ2v) is 11.5. The van der Waals surface area contributed by atoms with Crippen LogP contribution in [0.4, 0.5) is 5.69 Å². The Labute approximate surface area is 244 Å². The van der Waals surface area contributed by atoms with Gasteiger partial charge in [-0.2, -0.15) is 0 Å². The zero-order chi connectivity index (χ0) is 29.0. The zero-order valence-corrected chi connectivity index (χ0v) is 23.7. The van der Waals surface area contributed by atoms with Gasteiger partial charge in [-0.05, 0) is 83.6 Å². The first kappa shape index (κ1) is 27.2. The maximum absolute atomic E-state index is 14.0. The topological polar surface area (TPSA) is 118 Å². The number of nitrogens with zero attached hydrogens (tertiary/aromatic N) is 1. The minimum atomic E-state index is -0.689. The molecule has 4 atom stereocenters. The van der Waals surface area contributed by atoms with E-state index in [4.69, 9.17) is 9.84 Å². The maximum atomic E-state index is 14.0. The Hall–Kier alpha value is -3.95. The van der Waals surface area contributed by atoms with Crippen molar-refractivity contribution in [1.29, 1.82) is 0 Å². The van der Waals surface area contributed by atoms with Gasteiger partial charge in [0.25, 0.3) is 0 Å². The number of halogens is 1. The third-order valence-electron chi connectivity index (χ3n) is 8.44. The fraction of sp³-hybridized carbons (Fsp3) is 0.281. The summed E-state index contributed by atoms with van der Waals surface area (Å²) in [4.78, 5) is 67.2. The Morgan fingerprint density at radius 3 is 2.37 bits per heavy atom. The standard InChI is InChI=1S/C32H26BrNO7/c1-16(36)17-2-6-19(7-3-17)34-31(39)22-11-10-21-23(28(22)32(34)40)14-24-29(26(37)15-25(33)30(24)38)27(21)18-4-8-20(9-5-18)41-13-12-35/h2-10,15,22-23,27-28,35H,11-14H2,1H3. The molecule has 2 aromatic rings. The number of Topliss-reactive ketones (excluding diaryl/α,β-unsaturated/α-hetero) is 2. The largest absolute Gasteiger partial charge is 0.491 e. The first-order chi connectivity index (χ1) is 19.7. The summed E-state index contributed by atoms with van der Waals surface area (Å²) in [7, 11) is 0. The van der Waals surface area contributed by atoms with Crippen LogP contribution in [0, 0.1) is 17.8 Å². The Kier molecular flexibility index (Phi) is 6.95. The molecule has 2 aromatic carbocycles. The summed E-state index contributed by atoms with van der Waals surface area (Å²) in [6.45, 7) is 1.47. The molecule has 0 aromatic heterocycles. The number of carbonyl (C=O) groups excluding carboxylic acids is 5. The number of fused-ring (bicyclic) bond motifs is 3. The molecule has 3 aliphatic carbocycles. The van der Waals surface area contributed by atoms with Crippen LogP contribution in [0.5, 0.6) is 5.75 Å². The number of amides is 2. The van der Waals surface area contributed by atoms with Crippen molar-refractivity contribution in [3.05, 3.63) is 93.0 Å². The average Bonchev–Trinajstić information content (AvgIpc) is 3.23. The number of benzene rings is 2. The van der Waals surface area contributed by atoms with Gasteiger partial charge in [0.1, 0.15) is 12.4 Å². The van der Waals surface area contributed by atoms with E-state index in [9.17, 15) is 24.0 Å². The van der Waals surface area contributed by atoms with Crippen LogP contribution in [-0.2, 0) is 19.2 Å². The molecule has 41 heavy (non-hydrogen) atoms. The van der Waals surface area contributed by atoms with Gasteiger partial charge in [0.15, 0.2) is 17.3 Å². The Morgan fingerprint density at radius 1 is 1.00 bits per heavy atom. The third kappa shape index (κ3) is 4.44. The van der Waals surface area contributed by atoms with Gasteiger partial charge in [-0.1, -0.05) is 23.8 Å². The highest BCUT2D eigenvalue weighted by Crippen LogP contribution is 2.55. The van der Waals surface area contributed by atoms with Crippen molar-refractivity contribution in [1.82, 2.24) is 0 Å². The van der Waals surface area contributed by atoms with Gasteiger partial charge in [-0.3, -0.25) is 28.9 Å². The van der Waals surface area contributed by atoms with Crippen molar-refractivity contribution in [3.63, 3.8) is 0 Å². The van der Waals surface area contributed by atoms with Gasteiger partial charge in [-0.25, -0.2) is 0 Å². The van der Waals surface area contributed by atoms with E-state index in [0.717, 1.165) is 11.1 Å². The highest BCUT2D eigenvalue weighted by Gasteiger charge is 2.56. The molecule has 0 saturated carbocycles. The molecular formula is C32H26BrNO7. The molecule has 1 fully saturated rings. The van der Waals surface area contributed by atoms with Gasteiger partial charge in [0.2, 0.25) is 11.8 Å². The van der Waals surface area contributed by atoms with E-state index < -0.39 is 23.7 Å². The van der Waals surface area contributed by atoms with Crippen LogP contribution in [0.15, 0.2) is 81.9 Å². The van der Waals surface area contributed by atoms with Crippen molar-refractivity contribution >= 4 is 50.8 Å². The van der Waals surface area contributed by atoms with Crippen molar-refractivity contribution in [2.24, 2.45) is 17.8 Å². The minimum absolute atomic E-state index is 0.115. The number of aliphatic hydroxyl groups is 1. The van der Waals surface area contributed by atoms with E-state index in [2.05, 4.69) is 15.9 Å². The second kappa shape index (κ2) is 10.5. The van der Waals surface area contributed by atoms with Crippen molar-refractivity contribution in [2.75, 3.05) is 18.1 Å². The maximum Gasteiger partial charge on any atom is 0.238 e. The van der Waals surface area contributed by atoms with E-state index in [1.165, 1.54) is 17.9 Å². The van der Waals surface area contributed by atoms with Crippen LogP contribution >= 0.6 is 15.9 Å². The van der Waals surface area contributed by atoms with Crippen LogP contribution < -0.4 is 9.64 Å². The molecule has 0 radical (unpaired) electrons. The smallest absolute Gasteiger partial charge is 0.238 e. The predicted molar refractivity (Wildman–Crippen MR) is 153 cm³/mol. The minimum Gasteiger partial charge on any atom is -0.491 e.